The minimum absolute atomic E-state index is 0.0683. The van der Waals surface area contributed by atoms with E-state index in [0.29, 0.717) is 6.61 Å². The molecule has 1 fully saturated rings. The molecule has 0 bridgehead atoms. The van der Waals surface area contributed by atoms with E-state index in [1.54, 1.807) is 0 Å². The number of ether oxygens (including phenoxy) is 1. The zero-order chi connectivity index (χ0) is 5.98. The van der Waals surface area contributed by atoms with Gasteiger partial charge in [0, 0.05) is 0 Å². The number of amides is 1. The van der Waals surface area contributed by atoms with Crippen LogP contribution in [-0.2, 0) is 9.53 Å². The van der Waals surface area contributed by atoms with Crippen molar-refractivity contribution in [1.29, 1.82) is 0 Å². The molecule has 0 aliphatic carbocycles. The first kappa shape index (κ1) is 5.50. The minimum Gasteiger partial charge on any atom is -0.370 e. The molecule has 1 heterocycles. The summed E-state index contributed by atoms with van der Waals surface area (Å²) in [5, 5.41) is 0.170. The third-order valence-electron chi connectivity index (χ3n) is 0.928. The van der Waals surface area contributed by atoms with Crippen LogP contribution in [0.25, 0.3) is 0 Å². The average Bonchev–Trinajstić information content (AvgIpc) is 1.77. The number of hydrogen-bond acceptors (Lipinski definition) is 2. The molecule has 4 heteroatoms. The Hall–Kier alpha value is -0.640. The SMILES string of the molecule is O=C1COCCN1F. The smallest absolute Gasteiger partial charge is 0.276 e. The zero-order valence-electron chi connectivity index (χ0n) is 4.26. The predicted molar refractivity (Wildman–Crippen MR) is 23.6 cm³/mol. The first-order valence-electron chi connectivity index (χ1n) is 2.34. The number of nitrogens with zero attached hydrogens (tertiary/aromatic N) is 1. The third kappa shape index (κ3) is 0.949. The van der Waals surface area contributed by atoms with Crippen molar-refractivity contribution in [3.05, 3.63) is 0 Å². The minimum atomic E-state index is -0.587. The van der Waals surface area contributed by atoms with Crippen LogP contribution in [0.5, 0.6) is 0 Å². The topological polar surface area (TPSA) is 29.5 Å². The average molecular weight is 119 g/mol. The molecule has 3 nitrogen and oxygen atoms in total. The van der Waals surface area contributed by atoms with Crippen LogP contribution in [0.3, 0.4) is 0 Å². The van der Waals surface area contributed by atoms with Crippen molar-refractivity contribution in [3.8, 4) is 0 Å². The maximum Gasteiger partial charge on any atom is 0.276 e. The van der Waals surface area contributed by atoms with E-state index >= 15 is 0 Å². The molecule has 1 aliphatic heterocycles. The van der Waals surface area contributed by atoms with Crippen LogP contribution in [0.15, 0.2) is 0 Å². The summed E-state index contributed by atoms with van der Waals surface area (Å²) in [5.74, 6) is -0.587. The molecule has 0 radical (unpaired) electrons. The Balaban J connectivity index is 2.39. The molecule has 0 N–H and O–H groups in total. The Morgan fingerprint density at radius 1 is 1.75 bits per heavy atom. The van der Waals surface area contributed by atoms with E-state index in [2.05, 4.69) is 4.74 Å². The van der Waals surface area contributed by atoms with E-state index in [1.807, 2.05) is 0 Å². The van der Waals surface area contributed by atoms with E-state index in [4.69, 9.17) is 0 Å². The van der Waals surface area contributed by atoms with Gasteiger partial charge in [0.05, 0.1) is 13.2 Å². The maximum absolute atomic E-state index is 12.0. The van der Waals surface area contributed by atoms with Gasteiger partial charge in [-0.25, -0.2) is 0 Å². The van der Waals surface area contributed by atoms with E-state index in [0.717, 1.165) is 0 Å². The summed E-state index contributed by atoms with van der Waals surface area (Å²) in [4.78, 5) is 10.2. The first-order valence-corrected chi connectivity index (χ1v) is 2.34. The largest absolute Gasteiger partial charge is 0.370 e. The van der Waals surface area contributed by atoms with Gasteiger partial charge >= 0.3 is 0 Å². The molecule has 0 aromatic heterocycles. The Bertz CT molecular complexity index is 106. The monoisotopic (exact) mass is 119 g/mol. The Morgan fingerprint density at radius 3 is 2.88 bits per heavy atom. The molecule has 0 spiro atoms. The van der Waals surface area contributed by atoms with Crippen molar-refractivity contribution in [2.24, 2.45) is 0 Å². The lowest BCUT2D eigenvalue weighted by atomic mass is 10.5. The van der Waals surface area contributed by atoms with Crippen molar-refractivity contribution >= 4 is 5.91 Å². The van der Waals surface area contributed by atoms with E-state index < -0.39 is 5.91 Å². The first-order chi connectivity index (χ1) is 3.80. The maximum atomic E-state index is 12.0. The molecule has 1 rings (SSSR count). The van der Waals surface area contributed by atoms with Gasteiger partial charge in [-0.2, -0.15) is 5.12 Å². The van der Waals surface area contributed by atoms with Gasteiger partial charge in [0.1, 0.15) is 6.61 Å². The number of morpholine rings is 1. The lowest BCUT2D eigenvalue weighted by molar-refractivity contribution is -0.161. The highest BCUT2D eigenvalue weighted by Gasteiger charge is 2.16. The summed E-state index contributed by atoms with van der Waals surface area (Å²) >= 11 is 0. The number of halogens is 1. The van der Waals surface area contributed by atoms with Crippen molar-refractivity contribution < 1.29 is 14.0 Å². The third-order valence-corrected chi connectivity index (χ3v) is 0.928. The highest BCUT2D eigenvalue weighted by molar-refractivity contribution is 5.76. The summed E-state index contributed by atoms with van der Waals surface area (Å²) in [7, 11) is 0. The van der Waals surface area contributed by atoms with E-state index in [1.165, 1.54) is 0 Å². The number of hydrogen-bond donors (Lipinski definition) is 0. The quantitative estimate of drug-likeness (QED) is 0.411. The van der Waals surface area contributed by atoms with Gasteiger partial charge in [-0.3, -0.25) is 4.79 Å². The Labute approximate surface area is 46.0 Å². The van der Waals surface area contributed by atoms with E-state index in [9.17, 15) is 9.28 Å². The van der Waals surface area contributed by atoms with Gasteiger partial charge in [-0.1, -0.05) is 4.48 Å². The summed E-state index contributed by atoms with van der Waals surface area (Å²) in [5.41, 5.74) is 0. The Morgan fingerprint density at radius 2 is 2.50 bits per heavy atom. The molecule has 1 aliphatic rings. The van der Waals surface area contributed by atoms with Crippen LogP contribution in [0.2, 0.25) is 0 Å². The zero-order valence-corrected chi connectivity index (χ0v) is 4.26. The van der Waals surface area contributed by atoms with Crippen molar-refractivity contribution in [1.82, 2.24) is 5.12 Å². The summed E-state index contributed by atoms with van der Waals surface area (Å²) in [6, 6.07) is 0. The fraction of sp³-hybridized carbons (Fsp3) is 0.750. The fourth-order valence-electron chi connectivity index (χ4n) is 0.499. The number of rotatable bonds is 0. The Kier molecular flexibility index (Phi) is 1.43. The van der Waals surface area contributed by atoms with Crippen LogP contribution in [0.4, 0.5) is 4.48 Å². The highest BCUT2D eigenvalue weighted by atomic mass is 19.2. The van der Waals surface area contributed by atoms with Gasteiger partial charge in [-0.05, 0) is 0 Å². The van der Waals surface area contributed by atoms with Gasteiger partial charge < -0.3 is 4.74 Å². The summed E-state index contributed by atoms with van der Waals surface area (Å²) in [6.07, 6.45) is 0. The molecule has 0 aromatic rings. The van der Waals surface area contributed by atoms with Crippen LogP contribution in [0, 0.1) is 0 Å². The van der Waals surface area contributed by atoms with Crippen LogP contribution >= 0.6 is 0 Å². The fourth-order valence-corrected chi connectivity index (χ4v) is 0.499. The van der Waals surface area contributed by atoms with Crippen molar-refractivity contribution in [2.45, 2.75) is 0 Å². The second kappa shape index (κ2) is 2.09. The molecule has 1 amide bonds. The van der Waals surface area contributed by atoms with Crippen LogP contribution in [0.1, 0.15) is 0 Å². The molecular formula is C4H6FNO2. The summed E-state index contributed by atoms with van der Waals surface area (Å²) < 4.78 is 16.6. The van der Waals surface area contributed by atoms with Gasteiger partial charge in [0.15, 0.2) is 0 Å². The molecule has 46 valence electrons. The van der Waals surface area contributed by atoms with Crippen molar-refractivity contribution in [2.75, 3.05) is 19.8 Å². The lowest BCUT2D eigenvalue weighted by Gasteiger charge is -2.16. The van der Waals surface area contributed by atoms with Gasteiger partial charge in [-0.15, -0.1) is 0 Å². The molecule has 1 saturated heterocycles. The molecule has 8 heavy (non-hydrogen) atoms. The van der Waals surface area contributed by atoms with Crippen LogP contribution < -0.4 is 0 Å². The van der Waals surface area contributed by atoms with Crippen molar-refractivity contribution in [3.63, 3.8) is 0 Å². The molecule has 0 aromatic carbocycles. The number of carbonyl (C=O) groups excluding carboxylic acids is 1. The standard InChI is InChI=1S/C4H6FNO2/c5-6-1-2-8-3-4(6)7/h1-3H2. The second-order valence-electron chi connectivity index (χ2n) is 1.53. The predicted octanol–water partition coefficient (Wildman–Crippen LogP) is -0.270. The molecular weight excluding hydrogens is 113 g/mol. The molecule has 0 saturated carbocycles. The molecule has 0 atom stereocenters. The summed E-state index contributed by atoms with van der Waals surface area (Å²) in [6.45, 7) is 0.261. The van der Waals surface area contributed by atoms with Gasteiger partial charge in [0.25, 0.3) is 5.91 Å². The lowest BCUT2D eigenvalue weighted by Crippen LogP contribution is -2.35. The second-order valence-corrected chi connectivity index (χ2v) is 1.53. The normalized spacial score (nSPS) is 21.6. The van der Waals surface area contributed by atoms with Gasteiger partial charge in [0.2, 0.25) is 0 Å². The van der Waals surface area contributed by atoms with Crippen LogP contribution in [-0.4, -0.2) is 30.8 Å². The molecule has 0 unspecified atom stereocenters. The number of carbonyl (C=O) groups is 1. The highest BCUT2D eigenvalue weighted by Crippen LogP contribution is 1.96. The van der Waals surface area contributed by atoms with E-state index in [-0.39, 0.29) is 18.3 Å².